The first-order chi connectivity index (χ1) is 14.1. The summed E-state index contributed by atoms with van der Waals surface area (Å²) in [5.41, 5.74) is 2.27. The summed E-state index contributed by atoms with van der Waals surface area (Å²) in [5.74, 6) is 0.347. The summed E-state index contributed by atoms with van der Waals surface area (Å²) in [7, 11) is 0. The Balaban J connectivity index is 1.37. The number of thioether (sulfide) groups is 1. The molecule has 2 amide bonds. The van der Waals surface area contributed by atoms with Gasteiger partial charge < -0.3 is 10.3 Å². The molecule has 2 aromatic heterocycles. The lowest BCUT2D eigenvalue weighted by Gasteiger charge is -2.04. The molecule has 0 aliphatic rings. The molecule has 0 radical (unpaired) electrons. The number of nitrogens with zero attached hydrogens (tertiary/aromatic N) is 3. The first kappa shape index (κ1) is 19.6. The maximum absolute atomic E-state index is 12.2. The molecule has 4 aromatic rings. The molecule has 0 spiro atoms. The van der Waals surface area contributed by atoms with Gasteiger partial charge in [0.2, 0.25) is 5.13 Å². The number of nitrogens with one attached hydrogen (secondary N) is 3. The summed E-state index contributed by atoms with van der Waals surface area (Å²) in [6.07, 6.45) is 0. The molecule has 0 atom stereocenters. The number of amides is 2. The van der Waals surface area contributed by atoms with Gasteiger partial charge in [0.15, 0.2) is 4.34 Å². The molecular weight excluding hydrogens is 476 g/mol. The number of H-pyrrole nitrogens is 1. The molecule has 11 heteroatoms. The van der Waals surface area contributed by atoms with Gasteiger partial charge in [-0.25, -0.2) is 9.78 Å². The average molecular weight is 489 g/mol. The van der Waals surface area contributed by atoms with E-state index >= 15 is 0 Å². The van der Waals surface area contributed by atoms with Crippen molar-refractivity contribution in [2.75, 3.05) is 10.6 Å². The number of aromatic nitrogens is 4. The Morgan fingerprint density at radius 2 is 1.90 bits per heavy atom. The van der Waals surface area contributed by atoms with Crippen LogP contribution in [0.15, 0.2) is 62.1 Å². The molecule has 0 fully saturated rings. The number of rotatable bonds is 5. The van der Waals surface area contributed by atoms with Gasteiger partial charge in [-0.05, 0) is 36.4 Å². The standard InChI is InChI=1S/C18H13BrN6O2S2/c19-10-5-7-11(8-6-10)20-16(27)23-17-24-25-18(29-17)28-9-14-15(26)22-13-4-2-1-3-12(13)21-14/h1-8H,9H2,(H,22,26)(H2,20,23,24,27). The van der Waals surface area contributed by atoms with Gasteiger partial charge in [0.1, 0.15) is 5.69 Å². The second kappa shape index (κ2) is 8.72. The number of hydrogen-bond acceptors (Lipinski definition) is 7. The van der Waals surface area contributed by atoms with E-state index in [-0.39, 0.29) is 5.56 Å². The molecule has 3 N–H and O–H groups in total. The first-order valence-corrected chi connectivity index (χ1v) is 10.9. The van der Waals surface area contributed by atoms with E-state index in [9.17, 15) is 9.59 Å². The van der Waals surface area contributed by atoms with E-state index in [1.165, 1.54) is 23.1 Å². The molecule has 0 aliphatic heterocycles. The summed E-state index contributed by atoms with van der Waals surface area (Å²) in [5, 5.41) is 13.7. The number of hydrogen-bond donors (Lipinski definition) is 3. The fraction of sp³-hybridized carbons (Fsp3) is 0.0556. The van der Waals surface area contributed by atoms with Gasteiger partial charge in [0.05, 0.1) is 11.0 Å². The van der Waals surface area contributed by atoms with Gasteiger partial charge >= 0.3 is 6.03 Å². The van der Waals surface area contributed by atoms with Crippen LogP contribution in [-0.4, -0.2) is 26.2 Å². The largest absolute Gasteiger partial charge is 0.325 e. The highest BCUT2D eigenvalue weighted by Gasteiger charge is 2.11. The number of carbonyl (C=O) groups excluding carboxylic acids is 1. The van der Waals surface area contributed by atoms with E-state index in [0.717, 1.165) is 9.99 Å². The highest BCUT2D eigenvalue weighted by molar-refractivity contribution is 9.10. The van der Waals surface area contributed by atoms with Crippen LogP contribution in [0.25, 0.3) is 11.0 Å². The van der Waals surface area contributed by atoms with Gasteiger partial charge in [-0.15, -0.1) is 10.2 Å². The molecule has 0 saturated carbocycles. The average Bonchev–Trinajstić information content (AvgIpc) is 3.15. The molecule has 29 heavy (non-hydrogen) atoms. The molecule has 0 unspecified atom stereocenters. The molecule has 0 aliphatic carbocycles. The van der Waals surface area contributed by atoms with Crippen LogP contribution < -0.4 is 16.2 Å². The third kappa shape index (κ3) is 5.00. The minimum Gasteiger partial charge on any atom is -0.319 e. The van der Waals surface area contributed by atoms with Crippen molar-refractivity contribution in [1.82, 2.24) is 20.2 Å². The lowest BCUT2D eigenvalue weighted by Crippen LogP contribution is -2.19. The van der Waals surface area contributed by atoms with Crippen LogP contribution in [0.4, 0.5) is 15.6 Å². The SMILES string of the molecule is O=C(Nc1ccc(Br)cc1)Nc1nnc(SCc2nc3ccccc3[nH]c2=O)s1. The summed E-state index contributed by atoms with van der Waals surface area (Å²) in [4.78, 5) is 31.5. The minimum absolute atomic E-state index is 0.229. The number of carbonyl (C=O) groups is 1. The molecule has 4 rings (SSSR count). The second-order valence-corrected chi connectivity index (χ2v) is 8.89. The highest BCUT2D eigenvalue weighted by Crippen LogP contribution is 2.27. The van der Waals surface area contributed by atoms with Crippen LogP contribution in [0.1, 0.15) is 5.69 Å². The van der Waals surface area contributed by atoms with Crippen molar-refractivity contribution < 1.29 is 4.79 Å². The Bertz CT molecular complexity index is 1220. The fourth-order valence-electron chi connectivity index (χ4n) is 2.41. The zero-order chi connectivity index (χ0) is 20.2. The normalized spacial score (nSPS) is 10.8. The number of fused-ring (bicyclic) bond motifs is 1. The van der Waals surface area contributed by atoms with E-state index in [1.807, 2.05) is 36.4 Å². The Morgan fingerprint density at radius 1 is 1.10 bits per heavy atom. The molecular formula is C18H13BrN6O2S2. The Morgan fingerprint density at radius 3 is 2.72 bits per heavy atom. The zero-order valence-corrected chi connectivity index (χ0v) is 17.9. The van der Waals surface area contributed by atoms with Crippen molar-refractivity contribution in [2.45, 2.75) is 10.1 Å². The summed E-state index contributed by atoms with van der Waals surface area (Å²) >= 11 is 5.90. The van der Waals surface area contributed by atoms with Crippen molar-refractivity contribution >= 4 is 66.9 Å². The maximum atomic E-state index is 12.2. The Hall–Kier alpha value is -2.76. The fourth-order valence-corrected chi connectivity index (χ4v) is 4.35. The number of halogens is 1. The second-order valence-electron chi connectivity index (χ2n) is 5.78. The third-order valence-electron chi connectivity index (χ3n) is 3.73. The number of benzene rings is 2. The lowest BCUT2D eigenvalue weighted by molar-refractivity contribution is 0.262. The minimum atomic E-state index is -0.410. The van der Waals surface area contributed by atoms with Gasteiger partial charge in [-0.3, -0.25) is 10.1 Å². The van der Waals surface area contributed by atoms with E-state index < -0.39 is 6.03 Å². The van der Waals surface area contributed by atoms with Crippen LogP contribution in [0.3, 0.4) is 0 Å². The number of anilines is 2. The van der Waals surface area contributed by atoms with Gasteiger partial charge in [0.25, 0.3) is 5.56 Å². The number of urea groups is 1. The zero-order valence-electron chi connectivity index (χ0n) is 14.7. The highest BCUT2D eigenvalue weighted by atomic mass is 79.9. The van der Waals surface area contributed by atoms with Crippen molar-refractivity contribution in [3.8, 4) is 0 Å². The van der Waals surface area contributed by atoms with Gasteiger partial charge in [-0.1, -0.05) is 51.2 Å². The van der Waals surface area contributed by atoms with Crippen molar-refractivity contribution in [1.29, 1.82) is 0 Å². The first-order valence-electron chi connectivity index (χ1n) is 8.34. The van der Waals surface area contributed by atoms with Crippen molar-refractivity contribution in [3.05, 3.63) is 69.1 Å². The van der Waals surface area contributed by atoms with Crippen LogP contribution in [0.2, 0.25) is 0 Å². The van der Waals surface area contributed by atoms with Crippen LogP contribution in [0.5, 0.6) is 0 Å². The van der Waals surface area contributed by atoms with Crippen LogP contribution in [0, 0.1) is 0 Å². The summed E-state index contributed by atoms with van der Waals surface area (Å²) in [6.45, 7) is 0. The lowest BCUT2D eigenvalue weighted by atomic mass is 10.3. The Labute approximate surface area is 181 Å². The van der Waals surface area contributed by atoms with E-state index in [4.69, 9.17) is 0 Å². The van der Waals surface area contributed by atoms with Crippen LogP contribution in [-0.2, 0) is 5.75 Å². The monoisotopic (exact) mass is 488 g/mol. The molecule has 2 aromatic carbocycles. The predicted molar refractivity (Wildman–Crippen MR) is 119 cm³/mol. The molecule has 146 valence electrons. The topological polar surface area (TPSA) is 113 Å². The van der Waals surface area contributed by atoms with E-state index in [1.54, 1.807) is 12.1 Å². The Kier molecular flexibility index (Phi) is 5.88. The van der Waals surface area contributed by atoms with Crippen molar-refractivity contribution in [2.24, 2.45) is 0 Å². The van der Waals surface area contributed by atoms with E-state index in [2.05, 4.69) is 46.7 Å². The smallest absolute Gasteiger partial charge is 0.319 e. The van der Waals surface area contributed by atoms with E-state index in [0.29, 0.717) is 32.1 Å². The number of aromatic amines is 1. The quantitative estimate of drug-likeness (QED) is 0.282. The molecule has 0 saturated heterocycles. The maximum Gasteiger partial charge on any atom is 0.325 e. The van der Waals surface area contributed by atoms with Crippen molar-refractivity contribution in [3.63, 3.8) is 0 Å². The summed E-state index contributed by atoms with van der Waals surface area (Å²) in [6, 6.07) is 14.2. The molecule has 8 nitrogen and oxygen atoms in total. The predicted octanol–water partition coefficient (Wildman–Crippen LogP) is 4.47. The van der Waals surface area contributed by atoms with Gasteiger partial charge in [0, 0.05) is 15.9 Å². The molecule has 0 bridgehead atoms. The van der Waals surface area contributed by atoms with Gasteiger partial charge in [-0.2, -0.15) is 0 Å². The van der Waals surface area contributed by atoms with Crippen LogP contribution >= 0.6 is 39.0 Å². The molecule has 2 heterocycles. The summed E-state index contributed by atoms with van der Waals surface area (Å²) < 4.78 is 1.55. The third-order valence-corrected chi connectivity index (χ3v) is 6.24. The number of para-hydroxylation sites is 2.